The van der Waals surface area contributed by atoms with Gasteiger partial charge in [0, 0.05) is 27.5 Å². The van der Waals surface area contributed by atoms with Crippen LogP contribution in [-0.2, 0) is 4.79 Å². The van der Waals surface area contributed by atoms with Gasteiger partial charge < -0.3 is 10.6 Å². The molecular formula is C14H18BrClN2O. The van der Waals surface area contributed by atoms with E-state index in [1.807, 2.05) is 43.9 Å². The molecule has 1 aromatic rings. The molecule has 1 heterocycles. The van der Waals surface area contributed by atoms with Gasteiger partial charge in [0.1, 0.15) is 0 Å². The number of hydrogen-bond donors (Lipinski definition) is 1. The largest absolute Gasteiger partial charge is 0.329 e. The number of likely N-dealkylation sites (tertiary alicyclic amines) is 1. The second-order valence-electron chi connectivity index (χ2n) is 5.91. The first-order chi connectivity index (χ1) is 8.71. The van der Waals surface area contributed by atoms with Crippen molar-refractivity contribution < 1.29 is 4.79 Å². The lowest BCUT2D eigenvalue weighted by atomic mass is 9.97. The lowest BCUT2D eigenvalue weighted by molar-refractivity contribution is -0.133. The van der Waals surface area contributed by atoms with Crippen molar-refractivity contribution in [1.29, 1.82) is 0 Å². The Bertz CT molecular complexity index is 513. The van der Waals surface area contributed by atoms with Gasteiger partial charge in [0.2, 0.25) is 5.91 Å². The highest BCUT2D eigenvalue weighted by molar-refractivity contribution is 9.10. The van der Waals surface area contributed by atoms with Gasteiger partial charge in [-0.15, -0.1) is 0 Å². The second kappa shape index (κ2) is 5.08. The fraction of sp³-hybridized carbons (Fsp3) is 0.500. The Kier molecular flexibility index (Phi) is 3.96. The highest BCUT2D eigenvalue weighted by Gasteiger charge is 2.44. The number of benzene rings is 1. The van der Waals surface area contributed by atoms with Crippen LogP contribution in [-0.4, -0.2) is 22.4 Å². The van der Waals surface area contributed by atoms with Crippen LogP contribution in [0.3, 0.4) is 0 Å². The van der Waals surface area contributed by atoms with Crippen molar-refractivity contribution in [3.05, 3.63) is 33.3 Å². The molecule has 0 saturated carbocycles. The predicted molar refractivity (Wildman–Crippen MR) is 81.1 cm³/mol. The Morgan fingerprint density at radius 1 is 1.42 bits per heavy atom. The molecule has 1 fully saturated rings. The Labute approximate surface area is 127 Å². The monoisotopic (exact) mass is 344 g/mol. The maximum absolute atomic E-state index is 12.2. The molecule has 3 nitrogen and oxygen atoms in total. The van der Waals surface area contributed by atoms with Gasteiger partial charge in [-0.25, -0.2) is 0 Å². The van der Waals surface area contributed by atoms with Crippen LogP contribution in [0.5, 0.6) is 0 Å². The van der Waals surface area contributed by atoms with Crippen molar-refractivity contribution in [1.82, 2.24) is 4.90 Å². The predicted octanol–water partition coefficient (Wildman–Crippen LogP) is 3.50. The van der Waals surface area contributed by atoms with Crippen LogP contribution in [0, 0.1) is 0 Å². The quantitative estimate of drug-likeness (QED) is 0.846. The zero-order chi connectivity index (χ0) is 14.4. The van der Waals surface area contributed by atoms with E-state index in [0.29, 0.717) is 11.4 Å². The summed E-state index contributed by atoms with van der Waals surface area (Å²) in [5, 5.41) is 0.646. The van der Waals surface area contributed by atoms with E-state index < -0.39 is 0 Å². The number of nitrogens with two attached hydrogens (primary N) is 1. The maximum Gasteiger partial charge on any atom is 0.225 e. The lowest BCUT2D eigenvalue weighted by Gasteiger charge is -2.38. The average Bonchev–Trinajstić information content (AvgIpc) is 2.56. The fourth-order valence-corrected chi connectivity index (χ4v) is 3.27. The zero-order valence-electron chi connectivity index (χ0n) is 11.3. The first kappa shape index (κ1) is 14.8. The summed E-state index contributed by atoms with van der Waals surface area (Å²) in [6.45, 7) is 6.05. The second-order valence-corrected chi connectivity index (χ2v) is 7.24. The summed E-state index contributed by atoms with van der Waals surface area (Å²) in [6.07, 6.45) is 0.366. The molecular weight excluding hydrogens is 328 g/mol. The molecule has 0 radical (unpaired) electrons. The summed E-state index contributed by atoms with van der Waals surface area (Å²) >= 11 is 9.74. The highest BCUT2D eigenvalue weighted by Crippen LogP contribution is 2.40. The topological polar surface area (TPSA) is 46.3 Å². The van der Waals surface area contributed by atoms with Crippen LogP contribution < -0.4 is 5.73 Å². The average molecular weight is 346 g/mol. The Morgan fingerprint density at radius 3 is 2.63 bits per heavy atom. The van der Waals surface area contributed by atoms with Crippen molar-refractivity contribution in [3.8, 4) is 0 Å². The van der Waals surface area contributed by atoms with Gasteiger partial charge >= 0.3 is 0 Å². The minimum atomic E-state index is -0.276. The number of amides is 1. The third-order valence-electron chi connectivity index (χ3n) is 3.36. The van der Waals surface area contributed by atoms with Gasteiger partial charge in [-0.2, -0.15) is 0 Å². The number of carbonyl (C=O) groups excluding carboxylic acids is 1. The van der Waals surface area contributed by atoms with Crippen LogP contribution in [0.25, 0.3) is 0 Å². The van der Waals surface area contributed by atoms with Gasteiger partial charge in [-0.05, 0) is 44.5 Å². The molecule has 1 saturated heterocycles. The van der Waals surface area contributed by atoms with Gasteiger partial charge in [-0.1, -0.05) is 27.5 Å². The van der Waals surface area contributed by atoms with Crippen molar-refractivity contribution in [3.63, 3.8) is 0 Å². The van der Waals surface area contributed by atoms with Crippen LogP contribution >= 0.6 is 27.5 Å². The van der Waals surface area contributed by atoms with Gasteiger partial charge in [0.25, 0.3) is 0 Å². The van der Waals surface area contributed by atoms with Crippen LogP contribution in [0.1, 0.15) is 38.8 Å². The normalized spacial score (nSPS) is 24.1. The number of rotatable bonds is 1. The molecule has 2 rings (SSSR count). The third kappa shape index (κ3) is 2.81. The molecule has 1 aliphatic heterocycles. The molecule has 104 valence electrons. The summed E-state index contributed by atoms with van der Waals surface area (Å²) in [4.78, 5) is 14.1. The Morgan fingerprint density at radius 2 is 2.05 bits per heavy atom. The van der Waals surface area contributed by atoms with Gasteiger partial charge in [0.05, 0.1) is 6.04 Å². The number of halogens is 2. The van der Waals surface area contributed by atoms with Crippen molar-refractivity contribution in [2.75, 3.05) is 0 Å². The molecule has 1 aliphatic rings. The van der Waals surface area contributed by atoms with E-state index in [2.05, 4.69) is 15.9 Å². The zero-order valence-corrected chi connectivity index (χ0v) is 13.6. The molecule has 2 N–H and O–H groups in total. The standard InChI is InChI=1S/C14H18BrClN2O/c1-14(2,3)18-12(19)7-11(17)13(18)9-6-8(15)4-5-10(9)16/h4-6,11,13H,7,17H2,1-3H3. The number of carbonyl (C=O) groups is 1. The first-order valence-electron chi connectivity index (χ1n) is 6.24. The number of hydrogen-bond acceptors (Lipinski definition) is 2. The summed E-state index contributed by atoms with van der Waals surface area (Å²) in [5.41, 5.74) is 6.80. The lowest BCUT2D eigenvalue weighted by Crippen LogP contribution is -2.45. The molecule has 2 atom stereocenters. The summed E-state index contributed by atoms with van der Waals surface area (Å²) in [5.74, 6) is 0.0843. The van der Waals surface area contributed by atoms with E-state index in [1.54, 1.807) is 0 Å². The van der Waals surface area contributed by atoms with Crippen LogP contribution in [0.15, 0.2) is 22.7 Å². The third-order valence-corrected chi connectivity index (χ3v) is 4.20. The molecule has 0 spiro atoms. The van der Waals surface area contributed by atoms with Crippen molar-refractivity contribution in [2.24, 2.45) is 5.73 Å². The molecule has 0 aromatic heterocycles. The first-order valence-corrected chi connectivity index (χ1v) is 7.41. The minimum Gasteiger partial charge on any atom is -0.329 e. The fourth-order valence-electron chi connectivity index (χ4n) is 2.66. The molecule has 2 unspecified atom stereocenters. The van der Waals surface area contributed by atoms with Gasteiger partial charge in [-0.3, -0.25) is 4.79 Å². The Balaban J connectivity index is 2.51. The van der Waals surface area contributed by atoms with E-state index in [9.17, 15) is 4.79 Å². The van der Waals surface area contributed by atoms with E-state index in [-0.39, 0.29) is 23.5 Å². The maximum atomic E-state index is 12.2. The summed E-state index contributed by atoms with van der Waals surface area (Å²) in [6, 6.07) is 5.27. The van der Waals surface area contributed by atoms with E-state index >= 15 is 0 Å². The van der Waals surface area contributed by atoms with Crippen LogP contribution in [0.4, 0.5) is 0 Å². The smallest absolute Gasteiger partial charge is 0.225 e. The van der Waals surface area contributed by atoms with Crippen LogP contribution in [0.2, 0.25) is 5.02 Å². The minimum absolute atomic E-state index is 0.0843. The molecule has 0 aliphatic carbocycles. The molecule has 1 amide bonds. The van der Waals surface area contributed by atoms with Crippen molar-refractivity contribution in [2.45, 2.75) is 44.8 Å². The highest BCUT2D eigenvalue weighted by atomic mass is 79.9. The van der Waals surface area contributed by atoms with Gasteiger partial charge in [0.15, 0.2) is 0 Å². The molecule has 19 heavy (non-hydrogen) atoms. The Hall–Kier alpha value is -0.580. The summed E-state index contributed by atoms with van der Waals surface area (Å²) < 4.78 is 0.937. The number of nitrogens with zero attached hydrogens (tertiary/aromatic N) is 1. The SMILES string of the molecule is CC(C)(C)N1C(=O)CC(N)C1c1cc(Br)ccc1Cl. The molecule has 1 aromatic carbocycles. The molecule has 0 bridgehead atoms. The van der Waals surface area contributed by atoms with E-state index in [1.165, 1.54) is 0 Å². The summed E-state index contributed by atoms with van der Waals surface area (Å²) in [7, 11) is 0. The van der Waals surface area contributed by atoms with E-state index in [0.717, 1.165) is 10.0 Å². The van der Waals surface area contributed by atoms with Crippen molar-refractivity contribution >= 4 is 33.4 Å². The molecule has 5 heteroatoms. The van der Waals surface area contributed by atoms with E-state index in [4.69, 9.17) is 17.3 Å².